The van der Waals surface area contributed by atoms with E-state index < -0.39 is 23.2 Å². The molecule has 1 aromatic rings. The number of nitrogens with zero attached hydrogens (tertiary/aromatic N) is 1. The summed E-state index contributed by atoms with van der Waals surface area (Å²) in [6.07, 6.45) is 1.76. The van der Waals surface area contributed by atoms with Crippen LogP contribution in [0.15, 0.2) is 35.6 Å². The lowest BCUT2D eigenvalue weighted by molar-refractivity contribution is -0.384. The summed E-state index contributed by atoms with van der Waals surface area (Å²) in [4.78, 5) is 35.4. The van der Waals surface area contributed by atoms with Gasteiger partial charge in [-0.1, -0.05) is 27.2 Å². The first kappa shape index (κ1) is 25.7. The highest BCUT2D eigenvalue weighted by Crippen LogP contribution is 2.38. The van der Waals surface area contributed by atoms with E-state index in [9.17, 15) is 19.7 Å². The van der Waals surface area contributed by atoms with Crippen LogP contribution in [0, 0.1) is 27.9 Å². The first-order valence-corrected chi connectivity index (χ1v) is 11.8. The molecule has 1 saturated heterocycles. The number of hydrogen-bond acceptors (Lipinski definition) is 8. The van der Waals surface area contributed by atoms with Gasteiger partial charge in [0.15, 0.2) is 0 Å². The van der Waals surface area contributed by atoms with Gasteiger partial charge in [0, 0.05) is 12.1 Å². The van der Waals surface area contributed by atoms with E-state index in [1.165, 1.54) is 12.1 Å². The van der Waals surface area contributed by atoms with Crippen molar-refractivity contribution in [2.24, 2.45) is 17.8 Å². The van der Waals surface area contributed by atoms with Gasteiger partial charge in [0.2, 0.25) is 12.0 Å². The topological polar surface area (TPSA) is 114 Å². The summed E-state index contributed by atoms with van der Waals surface area (Å²) in [5.74, 6) is -0.0864. The minimum atomic E-state index is -1.01. The van der Waals surface area contributed by atoms with E-state index in [2.05, 4.69) is 20.8 Å². The van der Waals surface area contributed by atoms with Crippen LogP contribution in [0.2, 0.25) is 0 Å². The fraction of sp³-hybridized carbons (Fsp3) is 0.600. The largest absolute Gasteiger partial charge is 0.482 e. The molecule has 1 saturated carbocycles. The molecular formula is C25H33NO8. The van der Waals surface area contributed by atoms with E-state index in [0.717, 1.165) is 19.3 Å². The molecule has 9 heteroatoms. The van der Waals surface area contributed by atoms with Crippen LogP contribution in [0.1, 0.15) is 58.9 Å². The van der Waals surface area contributed by atoms with Crippen molar-refractivity contribution in [3.63, 3.8) is 0 Å². The molecule has 3 rings (SSSR count). The molecule has 2 fully saturated rings. The zero-order valence-corrected chi connectivity index (χ0v) is 20.2. The van der Waals surface area contributed by atoms with Crippen molar-refractivity contribution in [3.8, 4) is 0 Å². The second-order valence-electron chi connectivity index (χ2n) is 9.29. The standard InChI is InChI=1S/C25H33NO8/c1-5-31-24(28)23(32-14-17-7-9-18(10-8-17)26(29)30)20-13-22(27)34-25(20)33-21-12-16(4)6-11-19(21)15(2)3/h7-10,15-16,19,21,25H,5-6,11-14H2,1-4H3/b23-20-/t16-,19+,21-,25-/m1/s1. The number of rotatable bonds is 9. The Morgan fingerprint density at radius 1 is 1.21 bits per heavy atom. The number of cyclic esters (lactones) is 1. The van der Waals surface area contributed by atoms with Crippen molar-refractivity contribution in [3.05, 3.63) is 51.3 Å². The van der Waals surface area contributed by atoms with Crippen LogP contribution in [-0.2, 0) is 35.1 Å². The van der Waals surface area contributed by atoms with E-state index in [1.54, 1.807) is 19.1 Å². The Kier molecular flexibility index (Phi) is 8.66. The first-order valence-electron chi connectivity index (χ1n) is 11.8. The van der Waals surface area contributed by atoms with Crippen LogP contribution in [0.25, 0.3) is 0 Å². The lowest BCUT2D eigenvalue weighted by Gasteiger charge is -2.38. The van der Waals surface area contributed by atoms with Gasteiger partial charge < -0.3 is 18.9 Å². The number of esters is 2. The van der Waals surface area contributed by atoms with Gasteiger partial charge in [0.25, 0.3) is 5.69 Å². The van der Waals surface area contributed by atoms with Crippen molar-refractivity contribution in [2.45, 2.75) is 72.4 Å². The minimum Gasteiger partial charge on any atom is -0.482 e. The third-order valence-corrected chi connectivity index (χ3v) is 6.40. The van der Waals surface area contributed by atoms with E-state index in [1.807, 2.05) is 0 Å². The fourth-order valence-electron chi connectivity index (χ4n) is 4.55. The summed E-state index contributed by atoms with van der Waals surface area (Å²) < 4.78 is 22.8. The molecule has 2 aliphatic rings. The van der Waals surface area contributed by atoms with Crippen molar-refractivity contribution in [1.29, 1.82) is 0 Å². The summed E-state index contributed by atoms with van der Waals surface area (Å²) in [7, 11) is 0. The predicted octanol–water partition coefficient (Wildman–Crippen LogP) is 4.68. The Hall–Kier alpha value is -2.94. The molecule has 186 valence electrons. The van der Waals surface area contributed by atoms with E-state index in [0.29, 0.717) is 28.9 Å². The molecule has 0 N–H and O–H groups in total. The molecule has 1 aliphatic carbocycles. The summed E-state index contributed by atoms with van der Waals surface area (Å²) in [6.45, 7) is 8.27. The highest BCUT2D eigenvalue weighted by atomic mass is 16.7. The molecular weight excluding hydrogens is 442 g/mol. The molecule has 0 aromatic heterocycles. The summed E-state index contributed by atoms with van der Waals surface area (Å²) in [5, 5.41) is 10.9. The van der Waals surface area contributed by atoms with Crippen molar-refractivity contribution in [1.82, 2.24) is 0 Å². The second kappa shape index (κ2) is 11.5. The van der Waals surface area contributed by atoms with Crippen LogP contribution in [0.5, 0.6) is 0 Å². The van der Waals surface area contributed by atoms with Crippen LogP contribution < -0.4 is 0 Å². The summed E-state index contributed by atoms with van der Waals surface area (Å²) in [6, 6.07) is 5.82. The van der Waals surface area contributed by atoms with E-state index in [4.69, 9.17) is 18.9 Å². The first-order chi connectivity index (χ1) is 16.2. The smallest absolute Gasteiger partial charge is 0.373 e. The van der Waals surface area contributed by atoms with Gasteiger partial charge in [-0.05, 0) is 55.2 Å². The Labute approximate surface area is 199 Å². The zero-order valence-electron chi connectivity index (χ0n) is 20.2. The molecule has 0 unspecified atom stereocenters. The molecule has 1 heterocycles. The lowest BCUT2D eigenvalue weighted by Crippen LogP contribution is -2.37. The zero-order chi connectivity index (χ0) is 24.8. The third kappa shape index (κ3) is 6.34. The Morgan fingerprint density at radius 2 is 1.91 bits per heavy atom. The number of carbonyl (C=O) groups excluding carboxylic acids is 2. The average molecular weight is 476 g/mol. The molecule has 4 atom stereocenters. The number of ether oxygens (including phenoxy) is 4. The van der Waals surface area contributed by atoms with Crippen molar-refractivity contribution in [2.75, 3.05) is 6.61 Å². The second-order valence-corrected chi connectivity index (χ2v) is 9.29. The summed E-state index contributed by atoms with van der Waals surface area (Å²) in [5.41, 5.74) is 0.889. The van der Waals surface area contributed by atoms with Gasteiger partial charge in [0.05, 0.1) is 29.6 Å². The number of nitro benzene ring substituents is 1. The molecule has 0 spiro atoms. The SMILES string of the molecule is CCOC(=O)/C(OCc1ccc([N+](=O)[O-])cc1)=C1\CC(=O)O[C@H]1O[C@@H]1C[C@H](C)CC[C@H]1C(C)C. The lowest BCUT2D eigenvalue weighted by atomic mass is 9.75. The van der Waals surface area contributed by atoms with Gasteiger partial charge in [-0.25, -0.2) is 4.79 Å². The Morgan fingerprint density at radius 3 is 2.53 bits per heavy atom. The maximum atomic E-state index is 12.7. The number of nitro groups is 1. The van der Waals surface area contributed by atoms with Gasteiger partial charge in [-0.2, -0.15) is 0 Å². The average Bonchev–Trinajstić information content (AvgIpc) is 3.13. The van der Waals surface area contributed by atoms with Crippen LogP contribution in [0.3, 0.4) is 0 Å². The number of carbonyl (C=O) groups is 2. The van der Waals surface area contributed by atoms with Gasteiger partial charge in [0.1, 0.15) is 6.61 Å². The van der Waals surface area contributed by atoms with Crippen molar-refractivity contribution < 1.29 is 33.5 Å². The molecule has 9 nitrogen and oxygen atoms in total. The van der Waals surface area contributed by atoms with Gasteiger partial charge in [-0.3, -0.25) is 14.9 Å². The molecule has 0 bridgehead atoms. The molecule has 1 aliphatic heterocycles. The van der Waals surface area contributed by atoms with E-state index in [-0.39, 0.29) is 37.2 Å². The molecule has 34 heavy (non-hydrogen) atoms. The Bertz CT molecular complexity index is 923. The molecule has 0 amide bonds. The Balaban J connectivity index is 1.84. The van der Waals surface area contributed by atoms with Gasteiger partial charge in [-0.15, -0.1) is 0 Å². The predicted molar refractivity (Wildman–Crippen MR) is 122 cm³/mol. The maximum Gasteiger partial charge on any atom is 0.373 e. The third-order valence-electron chi connectivity index (χ3n) is 6.40. The van der Waals surface area contributed by atoms with Crippen LogP contribution >= 0.6 is 0 Å². The van der Waals surface area contributed by atoms with Crippen LogP contribution in [0.4, 0.5) is 5.69 Å². The highest BCUT2D eigenvalue weighted by Gasteiger charge is 2.41. The number of benzene rings is 1. The quantitative estimate of drug-likeness (QED) is 0.166. The fourth-order valence-corrected chi connectivity index (χ4v) is 4.55. The monoisotopic (exact) mass is 475 g/mol. The number of hydrogen-bond donors (Lipinski definition) is 0. The summed E-state index contributed by atoms with van der Waals surface area (Å²) >= 11 is 0. The molecule has 1 aromatic carbocycles. The van der Waals surface area contributed by atoms with Crippen LogP contribution in [-0.4, -0.2) is 35.9 Å². The number of non-ortho nitro benzene ring substituents is 1. The minimum absolute atomic E-state index is 0.0361. The highest BCUT2D eigenvalue weighted by molar-refractivity contribution is 5.90. The maximum absolute atomic E-state index is 12.7. The molecule has 0 radical (unpaired) electrons. The normalized spacial score (nSPS) is 26.2. The van der Waals surface area contributed by atoms with E-state index >= 15 is 0 Å². The van der Waals surface area contributed by atoms with Crippen molar-refractivity contribution >= 4 is 17.6 Å². The van der Waals surface area contributed by atoms with Gasteiger partial charge >= 0.3 is 11.9 Å².